The van der Waals surface area contributed by atoms with Crippen molar-refractivity contribution in [2.75, 3.05) is 33.9 Å². The molecule has 1 saturated carbocycles. The van der Waals surface area contributed by atoms with E-state index in [1.165, 1.54) is 45.6 Å². The molecule has 0 spiro atoms. The number of carbonyl (C=O) groups is 1. The Hall–Kier alpha value is -0.570. The predicted molar refractivity (Wildman–Crippen MR) is 103 cm³/mol. The number of nitrogens with one attached hydrogen (secondary N) is 2. The lowest BCUT2D eigenvalue weighted by molar-refractivity contribution is -0.144. The molecule has 1 rings (SSSR count). The summed E-state index contributed by atoms with van der Waals surface area (Å²) in [5, 5.41) is 6.31. The molecule has 0 bridgehead atoms. The number of methoxy groups -OCH3 is 1. The minimum Gasteiger partial charge on any atom is -0.469 e. The van der Waals surface area contributed by atoms with Crippen LogP contribution in [0.4, 0.5) is 0 Å². The first-order chi connectivity index (χ1) is 10.7. The van der Waals surface area contributed by atoms with Gasteiger partial charge in [0, 0.05) is 20.1 Å². The number of rotatable bonds is 7. The number of nitrogens with zero attached hydrogens (tertiary/aromatic N) is 1. The highest BCUT2D eigenvalue weighted by Crippen LogP contribution is 2.19. The Morgan fingerprint density at radius 1 is 1.22 bits per heavy atom. The molecule has 0 amide bonds. The minimum absolute atomic E-state index is 0. The van der Waals surface area contributed by atoms with Crippen LogP contribution in [-0.2, 0) is 14.3 Å². The summed E-state index contributed by atoms with van der Waals surface area (Å²) < 4.78 is 10.6. The molecule has 1 aliphatic carbocycles. The Labute approximate surface area is 157 Å². The molecule has 0 saturated heterocycles. The Kier molecular flexibility index (Phi) is 13.5. The molecule has 0 radical (unpaired) electrons. The third-order valence-corrected chi connectivity index (χ3v) is 3.95. The van der Waals surface area contributed by atoms with Gasteiger partial charge in [0.2, 0.25) is 0 Å². The van der Waals surface area contributed by atoms with Crippen LogP contribution in [-0.4, -0.2) is 51.9 Å². The van der Waals surface area contributed by atoms with Crippen molar-refractivity contribution in [3.05, 3.63) is 0 Å². The van der Waals surface area contributed by atoms with Crippen LogP contribution in [0.5, 0.6) is 0 Å². The van der Waals surface area contributed by atoms with Crippen LogP contribution in [0.15, 0.2) is 4.99 Å². The number of guanidine groups is 1. The highest BCUT2D eigenvalue weighted by atomic mass is 127. The maximum atomic E-state index is 11.3. The number of halogens is 1. The molecule has 1 atom stereocenters. The van der Waals surface area contributed by atoms with E-state index in [1.54, 1.807) is 7.05 Å². The first-order valence-corrected chi connectivity index (χ1v) is 8.31. The molecule has 0 heterocycles. The van der Waals surface area contributed by atoms with E-state index in [9.17, 15) is 4.79 Å². The Morgan fingerprint density at radius 3 is 2.43 bits per heavy atom. The second-order valence-corrected chi connectivity index (χ2v) is 5.79. The molecular weight excluding hydrogens is 409 g/mol. The minimum atomic E-state index is -0.223. The molecule has 136 valence electrons. The predicted octanol–water partition coefficient (Wildman–Crippen LogP) is 2.32. The fourth-order valence-electron chi connectivity index (χ4n) is 2.56. The summed E-state index contributed by atoms with van der Waals surface area (Å²) >= 11 is 0. The first-order valence-electron chi connectivity index (χ1n) is 8.31. The van der Waals surface area contributed by atoms with Gasteiger partial charge in [-0.15, -0.1) is 24.0 Å². The summed E-state index contributed by atoms with van der Waals surface area (Å²) in [6.07, 6.45) is 8.03. The van der Waals surface area contributed by atoms with E-state index in [-0.39, 0.29) is 35.9 Å². The third kappa shape index (κ3) is 10.0. The van der Waals surface area contributed by atoms with Gasteiger partial charge in [0.05, 0.1) is 25.7 Å². The van der Waals surface area contributed by atoms with Crippen LogP contribution in [0.3, 0.4) is 0 Å². The standard InChI is InChI=1S/C16H31N3O3.HI/c1-13(15(20)21-3)12-19-16(17-2)18-10-11-22-14-8-6-4-5-7-9-14;/h13-14H,4-12H2,1-3H3,(H2,17,18,19);1H. The van der Waals surface area contributed by atoms with Gasteiger partial charge in [-0.1, -0.05) is 32.6 Å². The SMILES string of the molecule is CN=C(NCCOC1CCCCCC1)NCC(C)C(=O)OC.I. The number of carbonyl (C=O) groups excluding carboxylic acids is 1. The summed E-state index contributed by atoms with van der Waals surface area (Å²) in [6, 6.07) is 0. The van der Waals surface area contributed by atoms with Crippen molar-refractivity contribution in [2.24, 2.45) is 10.9 Å². The quantitative estimate of drug-likeness (QED) is 0.159. The smallest absolute Gasteiger partial charge is 0.310 e. The molecule has 0 aromatic carbocycles. The lowest BCUT2D eigenvalue weighted by atomic mass is 10.1. The van der Waals surface area contributed by atoms with Gasteiger partial charge in [-0.3, -0.25) is 9.79 Å². The van der Waals surface area contributed by atoms with Crippen LogP contribution in [0.2, 0.25) is 0 Å². The molecule has 0 aliphatic heterocycles. The van der Waals surface area contributed by atoms with E-state index in [1.807, 2.05) is 6.92 Å². The van der Waals surface area contributed by atoms with E-state index < -0.39 is 0 Å². The lowest BCUT2D eigenvalue weighted by Crippen LogP contribution is -2.42. The van der Waals surface area contributed by atoms with Crippen LogP contribution < -0.4 is 10.6 Å². The summed E-state index contributed by atoms with van der Waals surface area (Å²) in [4.78, 5) is 15.5. The summed E-state index contributed by atoms with van der Waals surface area (Å²) in [5.74, 6) is 0.255. The van der Waals surface area contributed by atoms with E-state index in [0.717, 1.165) is 0 Å². The highest BCUT2D eigenvalue weighted by molar-refractivity contribution is 14.0. The Morgan fingerprint density at radius 2 is 1.87 bits per heavy atom. The highest BCUT2D eigenvalue weighted by Gasteiger charge is 2.14. The Balaban J connectivity index is 0.00000484. The van der Waals surface area contributed by atoms with Crippen LogP contribution in [0, 0.1) is 5.92 Å². The van der Waals surface area contributed by atoms with Gasteiger partial charge in [-0.05, 0) is 12.8 Å². The van der Waals surface area contributed by atoms with Gasteiger partial charge >= 0.3 is 5.97 Å². The molecule has 0 aromatic heterocycles. The molecule has 7 heteroatoms. The van der Waals surface area contributed by atoms with Gasteiger partial charge in [0.25, 0.3) is 0 Å². The lowest BCUT2D eigenvalue weighted by Gasteiger charge is -2.17. The molecule has 1 unspecified atom stereocenters. The van der Waals surface area contributed by atoms with E-state index in [4.69, 9.17) is 9.47 Å². The molecule has 23 heavy (non-hydrogen) atoms. The normalized spacial score (nSPS) is 17.6. The van der Waals surface area contributed by atoms with Gasteiger partial charge < -0.3 is 20.1 Å². The maximum Gasteiger partial charge on any atom is 0.310 e. The van der Waals surface area contributed by atoms with Crippen molar-refractivity contribution in [3.63, 3.8) is 0 Å². The number of hydrogen-bond acceptors (Lipinski definition) is 4. The third-order valence-electron chi connectivity index (χ3n) is 3.95. The molecule has 6 nitrogen and oxygen atoms in total. The van der Waals surface area contributed by atoms with Gasteiger partial charge in [-0.25, -0.2) is 0 Å². The first kappa shape index (κ1) is 22.4. The fraction of sp³-hybridized carbons (Fsp3) is 0.875. The van der Waals surface area contributed by atoms with Crippen molar-refractivity contribution >= 4 is 35.9 Å². The largest absolute Gasteiger partial charge is 0.469 e. The topological polar surface area (TPSA) is 72.0 Å². The molecule has 2 N–H and O–H groups in total. The zero-order valence-corrected chi connectivity index (χ0v) is 16.9. The Bertz CT molecular complexity index is 345. The molecule has 0 aromatic rings. The van der Waals surface area contributed by atoms with Crippen molar-refractivity contribution in [2.45, 2.75) is 51.6 Å². The second kappa shape index (κ2) is 13.8. The van der Waals surface area contributed by atoms with Crippen LogP contribution in [0.1, 0.15) is 45.4 Å². The summed E-state index contributed by atoms with van der Waals surface area (Å²) in [7, 11) is 3.11. The van der Waals surface area contributed by atoms with E-state index in [2.05, 4.69) is 15.6 Å². The zero-order chi connectivity index (χ0) is 16.2. The molecular formula is C16H32IN3O3. The molecule has 1 aliphatic rings. The van der Waals surface area contributed by atoms with Crippen molar-refractivity contribution in [1.82, 2.24) is 10.6 Å². The zero-order valence-electron chi connectivity index (χ0n) is 14.6. The van der Waals surface area contributed by atoms with Crippen LogP contribution >= 0.6 is 24.0 Å². The van der Waals surface area contributed by atoms with Gasteiger partial charge in [-0.2, -0.15) is 0 Å². The van der Waals surface area contributed by atoms with Gasteiger partial charge in [0.15, 0.2) is 5.96 Å². The van der Waals surface area contributed by atoms with E-state index >= 15 is 0 Å². The molecule has 1 fully saturated rings. The van der Waals surface area contributed by atoms with Crippen molar-refractivity contribution in [1.29, 1.82) is 0 Å². The maximum absolute atomic E-state index is 11.3. The monoisotopic (exact) mass is 441 g/mol. The average Bonchev–Trinajstić information content (AvgIpc) is 2.81. The number of aliphatic imine (C=N–C) groups is 1. The van der Waals surface area contributed by atoms with Crippen LogP contribution in [0.25, 0.3) is 0 Å². The van der Waals surface area contributed by atoms with Crippen molar-refractivity contribution in [3.8, 4) is 0 Å². The number of esters is 1. The van der Waals surface area contributed by atoms with Crippen molar-refractivity contribution < 1.29 is 14.3 Å². The second-order valence-electron chi connectivity index (χ2n) is 5.79. The number of ether oxygens (including phenoxy) is 2. The summed E-state index contributed by atoms with van der Waals surface area (Å²) in [6.45, 7) is 3.71. The summed E-state index contributed by atoms with van der Waals surface area (Å²) in [5.41, 5.74) is 0. The van der Waals surface area contributed by atoms with E-state index in [0.29, 0.717) is 31.8 Å². The fourth-order valence-corrected chi connectivity index (χ4v) is 2.56. The van der Waals surface area contributed by atoms with Gasteiger partial charge in [0.1, 0.15) is 0 Å². The number of hydrogen-bond donors (Lipinski definition) is 2. The average molecular weight is 441 g/mol.